The summed E-state index contributed by atoms with van der Waals surface area (Å²) in [6.07, 6.45) is 1.94. The summed E-state index contributed by atoms with van der Waals surface area (Å²) in [7, 11) is -2.54. The van der Waals surface area contributed by atoms with Crippen LogP contribution in [0.3, 0.4) is 0 Å². The van der Waals surface area contributed by atoms with E-state index in [0.29, 0.717) is 11.4 Å². The fourth-order valence-electron chi connectivity index (χ4n) is 2.65. The normalized spacial score (nSPS) is 11.1. The molecule has 5 nitrogen and oxygen atoms in total. The van der Waals surface area contributed by atoms with Crippen molar-refractivity contribution in [1.29, 1.82) is 0 Å². The highest BCUT2D eigenvalue weighted by Gasteiger charge is 2.22. The number of hydrogen-bond donors (Lipinski definition) is 1. The number of benzene rings is 3. The van der Waals surface area contributed by atoms with E-state index in [1.54, 1.807) is 23.9 Å². The SMILES string of the molecule is CSc1cccc(NC(=O)c2cccc(S(=O)(=O)N(C)c3ccc(F)cc3)c2)c1. The number of nitrogens with zero attached hydrogens (tertiary/aromatic N) is 1. The Morgan fingerprint density at radius 3 is 2.38 bits per heavy atom. The Morgan fingerprint density at radius 1 is 1.00 bits per heavy atom. The van der Waals surface area contributed by atoms with Gasteiger partial charge in [0.1, 0.15) is 5.82 Å². The van der Waals surface area contributed by atoms with Gasteiger partial charge >= 0.3 is 0 Å². The molecule has 29 heavy (non-hydrogen) atoms. The minimum Gasteiger partial charge on any atom is -0.322 e. The van der Waals surface area contributed by atoms with Crippen molar-refractivity contribution in [3.05, 3.63) is 84.2 Å². The molecule has 3 aromatic rings. The molecule has 1 amide bonds. The van der Waals surface area contributed by atoms with Gasteiger partial charge < -0.3 is 5.32 Å². The van der Waals surface area contributed by atoms with Crippen molar-refractivity contribution in [2.45, 2.75) is 9.79 Å². The van der Waals surface area contributed by atoms with Gasteiger partial charge in [-0.1, -0.05) is 12.1 Å². The topological polar surface area (TPSA) is 66.5 Å². The zero-order valence-electron chi connectivity index (χ0n) is 15.8. The van der Waals surface area contributed by atoms with Crippen LogP contribution in [-0.2, 0) is 10.0 Å². The van der Waals surface area contributed by atoms with Gasteiger partial charge in [0, 0.05) is 23.2 Å². The Morgan fingerprint density at radius 2 is 1.69 bits per heavy atom. The number of sulfonamides is 1. The molecule has 0 heterocycles. The van der Waals surface area contributed by atoms with Crippen LogP contribution in [0.4, 0.5) is 15.8 Å². The van der Waals surface area contributed by atoms with Gasteiger partial charge in [-0.2, -0.15) is 0 Å². The lowest BCUT2D eigenvalue weighted by atomic mass is 10.2. The third kappa shape index (κ3) is 4.78. The second-order valence-corrected chi connectivity index (χ2v) is 9.01. The first-order valence-corrected chi connectivity index (χ1v) is 11.3. The molecular formula is C21H19FN2O3S2. The Bertz CT molecular complexity index is 1130. The van der Waals surface area contributed by atoms with E-state index >= 15 is 0 Å². The number of carbonyl (C=O) groups excluding carboxylic acids is 1. The van der Waals surface area contributed by atoms with Crippen LogP contribution in [0.1, 0.15) is 10.4 Å². The standard InChI is InChI=1S/C21H19FN2O3S2/c1-24(18-11-9-16(22)10-12-18)29(26,27)20-8-3-5-15(13-20)21(25)23-17-6-4-7-19(14-17)28-2/h3-14H,1-2H3,(H,23,25). The summed E-state index contributed by atoms with van der Waals surface area (Å²) in [4.78, 5) is 13.6. The Hall–Kier alpha value is -2.84. The van der Waals surface area contributed by atoms with Crippen LogP contribution in [0.25, 0.3) is 0 Å². The number of carbonyl (C=O) groups is 1. The first-order chi connectivity index (χ1) is 13.8. The van der Waals surface area contributed by atoms with Crippen molar-refractivity contribution in [1.82, 2.24) is 0 Å². The molecule has 0 unspecified atom stereocenters. The third-order valence-electron chi connectivity index (χ3n) is 4.27. The van der Waals surface area contributed by atoms with Crippen molar-refractivity contribution in [2.75, 3.05) is 22.9 Å². The maximum atomic E-state index is 13.1. The van der Waals surface area contributed by atoms with E-state index in [1.165, 1.54) is 49.5 Å². The summed E-state index contributed by atoms with van der Waals surface area (Å²) in [6.45, 7) is 0. The summed E-state index contributed by atoms with van der Waals surface area (Å²) in [5.74, 6) is -0.867. The molecule has 0 aliphatic carbocycles. The van der Waals surface area contributed by atoms with Crippen LogP contribution in [0.2, 0.25) is 0 Å². The molecule has 0 saturated carbocycles. The van der Waals surface area contributed by atoms with Crippen LogP contribution in [-0.4, -0.2) is 27.6 Å². The second-order valence-electron chi connectivity index (χ2n) is 6.16. The molecule has 0 bridgehead atoms. The van der Waals surface area contributed by atoms with Gasteiger partial charge in [-0.05, 0) is 66.9 Å². The molecule has 0 aromatic heterocycles. The average Bonchev–Trinajstić information content (AvgIpc) is 2.74. The monoisotopic (exact) mass is 430 g/mol. The largest absolute Gasteiger partial charge is 0.322 e. The van der Waals surface area contributed by atoms with Crippen LogP contribution in [0.15, 0.2) is 82.6 Å². The molecule has 0 atom stereocenters. The highest BCUT2D eigenvalue weighted by atomic mass is 32.2. The summed E-state index contributed by atoms with van der Waals surface area (Å²) in [6, 6.07) is 18.3. The molecule has 0 spiro atoms. The molecule has 0 aliphatic heterocycles. The predicted molar refractivity (Wildman–Crippen MR) is 115 cm³/mol. The fourth-order valence-corrected chi connectivity index (χ4v) is 4.35. The lowest BCUT2D eigenvalue weighted by Crippen LogP contribution is -2.26. The molecule has 150 valence electrons. The minimum atomic E-state index is -3.92. The minimum absolute atomic E-state index is 0.0326. The van der Waals surface area contributed by atoms with E-state index in [0.717, 1.165) is 9.20 Å². The van der Waals surface area contributed by atoms with Gasteiger partial charge in [0.05, 0.1) is 10.6 Å². The van der Waals surface area contributed by atoms with Crippen molar-refractivity contribution in [2.24, 2.45) is 0 Å². The smallest absolute Gasteiger partial charge is 0.264 e. The Balaban J connectivity index is 1.85. The van der Waals surface area contributed by atoms with Crippen LogP contribution < -0.4 is 9.62 Å². The van der Waals surface area contributed by atoms with E-state index in [2.05, 4.69) is 5.32 Å². The Labute approximate surface area is 173 Å². The number of anilines is 2. The predicted octanol–water partition coefficient (Wildman–Crippen LogP) is 4.63. The summed E-state index contributed by atoms with van der Waals surface area (Å²) in [5, 5.41) is 2.78. The first-order valence-electron chi connectivity index (χ1n) is 8.61. The maximum absolute atomic E-state index is 13.1. The lowest BCUT2D eigenvalue weighted by molar-refractivity contribution is 0.102. The van der Waals surface area contributed by atoms with Gasteiger partial charge in [0.2, 0.25) is 0 Å². The molecular weight excluding hydrogens is 411 g/mol. The van der Waals surface area contributed by atoms with Crippen LogP contribution >= 0.6 is 11.8 Å². The third-order valence-corrected chi connectivity index (χ3v) is 6.78. The number of nitrogens with one attached hydrogen (secondary N) is 1. The fraction of sp³-hybridized carbons (Fsp3) is 0.0952. The van der Waals surface area contributed by atoms with Gasteiger partial charge in [-0.25, -0.2) is 12.8 Å². The number of rotatable bonds is 6. The van der Waals surface area contributed by atoms with Gasteiger partial charge in [0.15, 0.2) is 0 Å². The van der Waals surface area contributed by atoms with Crippen LogP contribution in [0.5, 0.6) is 0 Å². The van der Waals surface area contributed by atoms with Crippen molar-refractivity contribution >= 4 is 39.1 Å². The number of thioether (sulfide) groups is 1. The molecule has 8 heteroatoms. The van der Waals surface area contributed by atoms with Crippen molar-refractivity contribution in [3.8, 4) is 0 Å². The quantitative estimate of drug-likeness (QED) is 0.579. The number of amides is 1. The average molecular weight is 431 g/mol. The highest BCUT2D eigenvalue weighted by Crippen LogP contribution is 2.24. The van der Waals surface area contributed by atoms with E-state index < -0.39 is 21.7 Å². The van der Waals surface area contributed by atoms with Gasteiger partial charge in [-0.15, -0.1) is 11.8 Å². The van der Waals surface area contributed by atoms with Crippen LogP contribution in [0, 0.1) is 5.82 Å². The Kier molecular flexibility index (Phi) is 6.24. The van der Waals surface area contributed by atoms with Crippen molar-refractivity contribution in [3.63, 3.8) is 0 Å². The summed E-state index contributed by atoms with van der Waals surface area (Å²) < 4.78 is 40.0. The van der Waals surface area contributed by atoms with E-state index in [1.807, 2.05) is 24.5 Å². The maximum Gasteiger partial charge on any atom is 0.264 e. The number of hydrogen-bond acceptors (Lipinski definition) is 4. The molecule has 0 radical (unpaired) electrons. The van der Waals surface area contributed by atoms with Gasteiger partial charge in [0.25, 0.3) is 15.9 Å². The zero-order chi connectivity index (χ0) is 21.0. The molecule has 0 saturated heterocycles. The summed E-state index contributed by atoms with van der Waals surface area (Å²) in [5.41, 5.74) is 1.15. The van der Waals surface area contributed by atoms with E-state index in [4.69, 9.17) is 0 Å². The molecule has 3 rings (SSSR count). The molecule has 3 aromatic carbocycles. The molecule has 1 N–H and O–H groups in total. The van der Waals surface area contributed by atoms with Gasteiger partial charge in [-0.3, -0.25) is 9.10 Å². The molecule has 0 aliphatic rings. The van der Waals surface area contributed by atoms with Crippen molar-refractivity contribution < 1.29 is 17.6 Å². The summed E-state index contributed by atoms with van der Waals surface area (Å²) >= 11 is 1.55. The second kappa shape index (κ2) is 8.67. The molecule has 0 fully saturated rings. The van der Waals surface area contributed by atoms with E-state index in [9.17, 15) is 17.6 Å². The highest BCUT2D eigenvalue weighted by molar-refractivity contribution is 7.98. The first kappa shape index (κ1) is 20.9. The zero-order valence-corrected chi connectivity index (χ0v) is 17.4. The van der Waals surface area contributed by atoms with E-state index in [-0.39, 0.29) is 10.5 Å². The number of halogens is 1. The lowest BCUT2D eigenvalue weighted by Gasteiger charge is -2.19.